The standard InChI is InChI=1S/C15H20FN3/c1-15(2)10-18-9-14(7-8-17)19(11-15)13-5-3-12(16)4-6-13/h3-6,14,18H,7,9-11H2,1-2H3. The molecule has 1 heterocycles. The quantitative estimate of drug-likeness (QED) is 0.889. The van der Waals surface area contributed by atoms with Crippen LogP contribution in [0.5, 0.6) is 0 Å². The number of rotatable bonds is 2. The molecule has 4 heteroatoms. The molecule has 0 aromatic heterocycles. The lowest BCUT2D eigenvalue weighted by molar-refractivity contribution is 0.369. The fraction of sp³-hybridized carbons (Fsp3) is 0.533. The smallest absolute Gasteiger partial charge is 0.123 e. The van der Waals surface area contributed by atoms with Gasteiger partial charge >= 0.3 is 0 Å². The first-order chi connectivity index (χ1) is 9.02. The molecule has 1 aromatic carbocycles. The average Bonchev–Trinajstić information content (AvgIpc) is 2.50. The summed E-state index contributed by atoms with van der Waals surface area (Å²) in [4.78, 5) is 2.22. The third-order valence-corrected chi connectivity index (χ3v) is 3.51. The number of benzene rings is 1. The number of hydrogen-bond donors (Lipinski definition) is 1. The summed E-state index contributed by atoms with van der Waals surface area (Å²) < 4.78 is 13.0. The van der Waals surface area contributed by atoms with Crippen molar-refractivity contribution in [3.63, 3.8) is 0 Å². The Labute approximate surface area is 114 Å². The van der Waals surface area contributed by atoms with Crippen molar-refractivity contribution < 1.29 is 4.39 Å². The van der Waals surface area contributed by atoms with Crippen molar-refractivity contribution in [3.8, 4) is 6.07 Å². The number of nitrogens with zero attached hydrogens (tertiary/aromatic N) is 2. The average molecular weight is 261 g/mol. The number of nitriles is 1. The Balaban J connectivity index is 2.29. The molecule has 1 aliphatic rings. The monoisotopic (exact) mass is 261 g/mol. The maximum Gasteiger partial charge on any atom is 0.123 e. The van der Waals surface area contributed by atoms with Gasteiger partial charge in [0.05, 0.1) is 18.5 Å². The van der Waals surface area contributed by atoms with Gasteiger partial charge in [0.2, 0.25) is 0 Å². The van der Waals surface area contributed by atoms with Gasteiger partial charge in [-0.1, -0.05) is 13.8 Å². The molecule has 1 saturated heterocycles. The summed E-state index contributed by atoms with van der Waals surface area (Å²) in [7, 11) is 0. The first-order valence-electron chi connectivity index (χ1n) is 6.62. The highest BCUT2D eigenvalue weighted by Gasteiger charge is 2.30. The van der Waals surface area contributed by atoms with Crippen LogP contribution in [0.3, 0.4) is 0 Å². The lowest BCUT2D eigenvalue weighted by Crippen LogP contribution is -2.41. The van der Waals surface area contributed by atoms with Gasteiger partial charge in [0.25, 0.3) is 0 Å². The number of hydrogen-bond acceptors (Lipinski definition) is 3. The van der Waals surface area contributed by atoms with Crippen LogP contribution in [0, 0.1) is 22.6 Å². The summed E-state index contributed by atoms with van der Waals surface area (Å²) in [6, 6.07) is 8.92. The number of nitrogens with one attached hydrogen (secondary N) is 1. The normalized spacial score (nSPS) is 22.6. The largest absolute Gasteiger partial charge is 0.366 e. The highest BCUT2D eigenvalue weighted by Crippen LogP contribution is 2.27. The lowest BCUT2D eigenvalue weighted by Gasteiger charge is -2.35. The van der Waals surface area contributed by atoms with Crippen LogP contribution < -0.4 is 10.2 Å². The molecule has 0 radical (unpaired) electrons. The van der Waals surface area contributed by atoms with Crippen molar-refractivity contribution in [2.45, 2.75) is 26.3 Å². The summed E-state index contributed by atoms with van der Waals surface area (Å²) in [5.74, 6) is -0.229. The van der Waals surface area contributed by atoms with Crippen LogP contribution in [0.2, 0.25) is 0 Å². The van der Waals surface area contributed by atoms with Gasteiger partial charge in [0.1, 0.15) is 5.82 Å². The molecule has 1 fully saturated rings. The van der Waals surface area contributed by atoms with Gasteiger partial charge in [-0.3, -0.25) is 0 Å². The van der Waals surface area contributed by atoms with Gasteiger partial charge in [0.15, 0.2) is 0 Å². The van der Waals surface area contributed by atoms with Crippen LogP contribution in [0.15, 0.2) is 24.3 Å². The zero-order valence-electron chi connectivity index (χ0n) is 11.5. The molecule has 1 aromatic rings. The highest BCUT2D eigenvalue weighted by molar-refractivity contribution is 5.48. The van der Waals surface area contributed by atoms with Crippen molar-refractivity contribution in [2.75, 3.05) is 24.5 Å². The SMILES string of the molecule is CC1(C)CNCC(CC#N)N(c2ccc(F)cc2)C1. The molecule has 19 heavy (non-hydrogen) atoms. The predicted octanol–water partition coefficient (Wildman–Crippen LogP) is 2.54. The molecule has 1 N–H and O–H groups in total. The van der Waals surface area contributed by atoms with E-state index in [2.05, 4.69) is 30.1 Å². The molecule has 0 aliphatic carbocycles. The number of anilines is 1. The van der Waals surface area contributed by atoms with Gasteiger partial charge in [-0.05, 0) is 29.7 Å². The predicted molar refractivity (Wildman–Crippen MR) is 74.4 cm³/mol. The third-order valence-electron chi connectivity index (χ3n) is 3.51. The van der Waals surface area contributed by atoms with E-state index in [0.29, 0.717) is 6.42 Å². The second-order valence-electron chi connectivity index (χ2n) is 5.92. The zero-order chi connectivity index (χ0) is 13.9. The second kappa shape index (κ2) is 5.58. The fourth-order valence-corrected chi connectivity index (χ4v) is 2.56. The van der Waals surface area contributed by atoms with E-state index in [-0.39, 0.29) is 17.3 Å². The lowest BCUT2D eigenvalue weighted by atomic mass is 9.92. The molecule has 0 saturated carbocycles. The molecule has 1 aliphatic heterocycles. The Morgan fingerprint density at radius 3 is 2.74 bits per heavy atom. The van der Waals surface area contributed by atoms with Crippen LogP contribution in [0.1, 0.15) is 20.3 Å². The minimum Gasteiger partial charge on any atom is -0.366 e. The summed E-state index contributed by atoms with van der Waals surface area (Å²) in [5.41, 5.74) is 1.11. The van der Waals surface area contributed by atoms with Crippen molar-refractivity contribution in [1.82, 2.24) is 5.32 Å². The fourth-order valence-electron chi connectivity index (χ4n) is 2.56. The van der Waals surface area contributed by atoms with Crippen LogP contribution >= 0.6 is 0 Å². The Hall–Kier alpha value is -1.60. The Morgan fingerprint density at radius 1 is 1.42 bits per heavy atom. The zero-order valence-corrected chi connectivity index (χ0v) is 11.5. The van der Waals surface area contributed by atoms with E-state index in [0.717, 1.165) is 25.3 Å². The molecule has 0 bridgehead atoms. The second-order valence-corrected chi connectivity index (χ2v) is 5.92. The Kier molecular flexibility index (Phi) is 4.06. The minimum absolute atomic E-state index is 0.124. The molecule has 1 unspecified atom stereocenters. The van der Waals surface area contributed by atoms with Crippen LogP contribution in [0.4, 0.5) is 10.1 Å². The third kappa shape index (κ3) is 3.45. The molecule has 3 nitrogen and oxygen atoms in total. The van der Waals surface area contributed by atoms with E-state index in [4.69, 9.17) is 5.26 Å². The molecular formula is C15H20FN3. The maximum absolute atomic E-state index is 13.0. The molecule has 0 amide bonds. The molecule has 1 atom stereocenters. The first-order valence-corrected chi connectivity index (χ1v) is 6.62. The minimum atomic E-state index is -0.229. The summed E-state index contributed by atoms with van der Waals surface area (Å²) in [6.45, 7) is 6.97. The molecular weight excluding hydrogens is 241 g/mol. The molecule has 0 spiro atoms. The summed E-state index contributed by atoms with van der Waals surface area (Å²) in [5, 5.41) is 12.4. The Morgan fingerprint density at radius 2 is 2.11 bits per heavy atom. The van der Waals surface area contributed by atoms with Gasteiger partial charge in [-0.2, -0.15) is 5.26 Å². The van der Waals surface area contributed by atoms with E-state index in [1.165, 1.54) is 12.1 Å². The number of halogens is 1. The summed E-state index contributed by atoms with van der Waals surface area (Å²) >= 11 is 0. The van der Waals surface area contributed by atoms with Crippen molar-refractivity contribution in [2.24, 2.45) is 5.41 Å². The van der Waals surface area contributed by atoms with E-state index < -0.39 is 0 Å². The van der Waals surface area contributed by atoms with Crippen LogP contribution in [0.25, 0.3) is 0 Å². The first kappa shape index (κ1) is 13.8. The van der Waals surface area contributed by atoms with E-state index >= 15 is 0 Å². The van der Waals surface area contributed by atoms with Gasteiger partial charge < -0.3 is 10.2 Å². The Bertz CT molecular complexity index is 461. The van der Waals surface area contributed by atoms with Gasteiger partial charge in [0, 0.05) is 25.3 Å². The van der Waals surface area contributed by atoms with Crippen LogP contribution in [-0.2, 0) is 0 Å². The summed E-state index contributed by atoms with van der Waals surface area (Å²) in [6.07, 6.45) is 0.473. The topological polar surface area (TPSA) is 39.1 Å². The molecule has 102 valence electrons. The van der Waals surface area contributed by atoms with E-state index in [1.54, 1.807) is 12.1 Å². The van der Waals surface area contributed by atoms with Gasteiger partial charge in [-0.25, -0.2) is 4.39 Å². The van der Waals surface area contributed by atoms with Crippen LogP contribution in [-0.4, -0.2) is 25.7 Å². The van der Waals surface area contributed by atoms with Crippen molar-refractivity contribution in [1.29, 1.82) is 5.26 Å². The molecule has 2 rings (SSSR count). The van der Waals surface area contributed by atoms with Crippen molar-refractivity contribution in [3.05, 3.63) is 30.1 Å². The maximum atomic E-state index is 13.0. The highest BCUT2D eigenvalue weighted by atomic mass is 19.1. The van der Waals surface area contributed by atoms with E-state index in [9.17, 15) is 4.39 Å². The van der Waals surface area contributed by atoms with E-state index in [1.807, 2.05) is 0 Å². The van der Waals surface area contributed by atoms with Crippen molar-refractivity contribution >= 4 is 5.69 Å². The van der Waals surface area contributed by atoms with Gasteiger partial charge in [-0.15, -0.1) is 0 Å².